The Morgan fingerprint density at radius 1 is 1.39 bits per heavy atom. The first-order valence-corrected chi connectivity index (χ1v) is 7.33. The van der Waals surface area contributed by atoms with Gasteiger partial charge in [-0.2, -0.15) is 5.10 Å². The molecule has 1 aliphatic rings. The molecule has 0 bridgehead atoms. The molecular formula is C14H26N4. The Morgan fingerprint density at radius 3 is 2.89 bits per heavy atom. The van der Waals surface area contributed by atoms with E-state index >= 15 is 0 Å². The van der Waals surface area contributed by atoms with Gasteiger partial charge in [0.1, 0.15) is 12.2 Å². The SMILES string of the molecule is CC(C)Cn1ncnc1CNCCC1CCCC1. The van der Waals surface area contributed by atoms with Crippen molar-refractivity contribution < 1.29 is 0 Å². The first-order valence-electron chi connectivity index (χ1n) is 7.33. The highest BCUT2D eigenvalue weighted by Gasteiger charge is 2.14. The molecule has 0 saturated heterocycles. The lowest BCUT2D eigenvalue weighted by Gasteiger charge is -2.11. The van der Waals surface area contributed by atoms with Gasteiger partial charge in [-0.05, 0) is 24.8 Å². The Balaban J connectivity index is 1.67. The lowest BCUT2D eigenvalue weighted by Crippen LogP contribution is -2.21. The van der Waals surface area contributed by atoms with Crippen LogP contribution in [0.15, 0.2) is 6.33 Å². The fourth-order valence-electron chi connectivity index (χ4n) is 2.73. The van der Waals surface area contributed by atoms with Crippen molar-refractivity contribution in [2.45, 2.75) is 59.0 Å². The summed E-state index contributed by atoms with van der Waals surface area (Å²) in [4.78, 5) is 4.33. The highest BCUT2D eigenvalue weighted by molar-refractivity contribution is 4.84. The topological polar surface area (TPSA) is 42.7 Å². The molecule has 18 heavy (non-hydrogen) atoms. The van der Waals surface area contributed by atoms with E-state index in [2.05, 4.69) is 29.2 Å². The fraction of sp³-hybridized carbons (Fsp3) is 0.857. The minimum Gasteiger partial charge on any atom is -0.310 e. The smallest absolute Gasteiger partial charge is 0.140 e. The third-order valence-electron chi connectivity index (χ3n) is 3.72. The van der Waals surface area contributed by atoms with Gasteiger partial charge >= 0.3 is 0 Å². The molecule has 1 aromatic rings. The van der Waals surface area contributed by atoms with Gasteiger partial charge in [-0.15, -0.1) is 0 Å². The van der Waals surface area contributed by atoms with E-state index in [9.17, 15) is 0 Å². The van der Waals surface area contributed by atoms with Crippen LogP contribution in [-0.4, -0.2) is 21.3 Å². The molecule has 1 heterocycles. The van der Waals surface area contributed by atoms with E-state index in [4.69, 9.17) is 0 Å². The minimum absolute atomic E-state index is 0.615. The molecule has 0 unspecified atom stereocenters. The van der Waals surface area contributed by atoms with Crippen molar-refractivity contribution in [2.75, 3.05) is 6.54 Å². The number of nitrogens with one attached hydrogen (secondary N) is 1. The van der Waals surface area contributed by atoms with Crippen molar-refractivity contribution in [3.63, 3.8) is 0 Å². The van der Waals surface area contributed by atoms with Crippen LogP contribution in [0.2, 0.25) is 0 Å². The maximum atomic E-state index is 4.33. The van der Waals surface area contributed by atoms with Gasteiger partial charge in [-0.3, -0.25) is 0 Å². The molecule has 0 radical (unpaired) electrons. The van der Waals surface area contributed by atoms with Gasteiger partial charge in [0.2, 0.25) is 0 Å². The summed E-state index contributed by atoms with van der Waals surface area (Å²) >= 11 is 0. The second-order valence-electron chi connectivity index (χ2n) is 5.87. The van der Waals surface area contributed by atoms with E-state index in [1.165, 1.54) is 32.1 Å². The van der Waals surface area contributed by atoms with Crippen molar-refractivity contribution >= 4 is 0 Å². The molecule has 1 aliphatic carbocycles. The zero-order chi connectivity index (χ0) is 12.8. The van der Waals surface area contributed by atoms with Crippen LogP contribution in [0.4, 0.5) is 0 Å². The van der Waals surface area contributed by atoms with Gasteiger partial charge in [-0.25, -0.2) is 9.67 Å². The predicted molar refractivity (Wildman–Crippen MR) is 73.1 cm³/mol. The van der Waals surface area contributed by atoms with Crippen LogP contribution >= 0.6 is 0 Å². The summed E-state index contributed by atoms with van der Waals surface area (Å²) in [5.41, 5.74) is 0. The van der Waals surface area contributed by atoms with Crippen molar-refractivity contribution in [3.05, 3.63) is 12.2 Å². The van der Waals surface area contributed by atoms with Gasteiger partial charge in [0, 0.05) is 6.54 Å². The van der Waals surface area contributed by atoms with Gasteiger partial charge in [0.15, 0.2) is 0 Å². The average Bonchev–Trinajstić information content (AvgIpc) is 2.95. The minimum atomic E-state index is 0.615. The normalized spacial score (nSPS) is 16.8. The van der Waals surface area contributed by atoms with Gasteiger partial charge in [-0.1, -0.05) is 39.5 Å². The molecule has 1 N–H and O–H groups in total. The largest absolute Gasteiger partial charge is 0.310 e. The van der Waals surface area contributed by atoms with Crippen molar-refractivity contribution in [1.29, 1.82) is 0 Å². The summed E-state index contributed by atoms with van der Waals surface area (Å²) in [7, 11) is 0. The summed E-state index contributed by atoms with van der Waals surface area (Å²) in [5.74, 6) is 2.64. The lowest BCUT2D eigenvalue weighted by atomic mass is 10.0. The molecule has 0 amide bonds. The quantitative estimate of drug-likeness (QED) is 0.756. The van der Waals surface area contributed by atoms with Crippen LogP contribution < -0.4 is 5.32 Å². The van der Waals surface area contributed by atoms with Crippen LogP contribution in [-0.2, 0) is 13.1 Å². The molecule has 0 aromatic carbocycles. The van der Waals surface area contributed by atoms with Gasteiger partial charge in [0.25, 0.3) is 0 Å². The standard InChI is InChI=1S/C14H26N4/c1-12(2)10-18-14(16-11-17-18)9-15-8-7-13-5-3-4-6-13/h11-13,15H,3-10H2,1-2H3. The third-order valence-corrected chi connectivity index (χ3v) is 3.72. The Morgan fingerprint density at radius 2 is 2.17 bits per heavy atom. The first kappa shape index (κ1) is 13.5. The zero-order valence-electron chi connectivity index (χ0n) is 11.7. The average molecular weight is 250 g/mol. The third kappa shape index (κ3) is 4.09. The number of rotatable bonds is 7. The number of hydrogen-bond donors (Lipinski definition) is 1. The maximum Gasteiger partial charge on any atom is 0.140 e. The molecule has 4 nitrogen and oxygen atoms in total. The molecule has 0 aliphatic heterocycles. The Kier molecular flexibility index (Phi) is 5.17. The summed E-state index contributed by atoms with van der Waals surface area (Å²) in [5, 5.41) is 7.78. The zero-order valence-corrected chi connectivity index (χ0v) is 11.7. The van der Waals surface area contributed by atoms with Crippen molar-refractivity contribution in [3.8, 4) is 0 Å². The van der Waals surface area contributed by atoms with E-state index in [0.717, 1.165) is 31.4 Å². The van der Waals surface area contributed by atoms with E-state index < -0.39 is 0 Å². The summed E-state index contributed by atoms with van der Waals surface area (Å²) in [6.07, 6.45) is 8.73. The second kappa shape index (κ2) is 6.88. The van der Waals surface area contributed by atoms with Gasteiger partial charge < -0.3 is 5.32 Å². The molecular weight excluding hydrogens is 224 g/mol. The Labute approximate surface area is 110 Å². The molecule has 1 aromatic heterocycles. The maximum absolute atomic E-state index is 4.33. The van der Waals surface area contributed by atoms with Crippen LogP contribution in [0.25, 0.3) is 0 Å². The van der Waals surface area contributed by atoms with Crippen LogP contribution in [0.1, 0.15) is 51.8 Å². The number of hydrogen-bond acceptors (Lipinski definition) is 3. The van der Waals surface area contributed by atoms with Crippen LogP contribution in [0, 0.1) is 11.8 Å². The summed E-state index contributed by atoms with van der Waals surface area (Å²) in [6.45, 7) is 7.33. The van der Waals surface area contributed by atoms with E-state index in [-0.39, 0.29) is 0 Å². The second-order valence-corrected chi connectivity index (χ2v) is 5.87. The lowest BCUT2D eigenvalue weighted by molar-refractivity contribution is 0.444. The van der Waals surface area contributed by atoms with Crippen LogP contribution in [0.5, 0.6) is 0 Å². The first-order chi connectivity index (χ1) is 8.75. The highest BCUT2D eigenvalue weighted by atomic mass is 15.3. The van der Waals surface area contributed by atoms with Gasteiger partial charge in [0.05, 0.1) is 6.54 Å². The molecule has 0 atom stereocenters. The van der Waals surface area contributed by atoms with Crippen molar-refractivity contribution in [2.24, 2.45) is 11.8 Å². The highest BCUT2D eigenvalue weighted by Crippen LogP contribution is 2.26. The number of nitrogens with zero attached hydrogens (tertiary/aromatic N) is 3. The molecule has 102 valence electrons. The number of aromatic nitrogens is 3. The summed E-state index contributed by atoms with van der Waals surface area (Å²) in [6, 6.07) is 0. The monoisotopic (exact) mass is 250 g/mol. The van der Waals surface area contributed by atoms with E-state index in [0.29, 0.717) is 5.92 Å². The van der Waals surface area contributed by atoms with Crippen molar-refractivity contribution in [1.82, 2.24) is 20.1 Å². The summed E-state index contributed by atoms with van der Waals surface area (Å²) < 4.78 is 2.02. The van der Waals surface area contributed by atoms with E-state index in [1.807, 2.05) is 4.68 Å². The Hall–Kier alpha value is -0.900. The molecule has 1 fully saturated rings. The Bertz CT molecular complexity index is 339. The predicted octanol–water partition coefficient (Wildman–Crippen LogP) is 2.60. The fourth-order valence-corrected chi connectivity index (χ4v) is 2.73. The van der Waals surface area contributed by atoms with Crippen LogP contribution in [0.3, 0.4) is 0 Å². The molecule has 0 spiro atoms. The van der Waals surface area contributed by atoms with E-state index in [1.54, 1.807) is 6.33 Å². The molecule has 4 heteroatoms. The molecule has 2 rings (SSSR count). The molecule has 1 saturated carbocycles.